The lowest BCUT2D eigenvalue weighted by Crippen LogP contribution is -2.25. The molecule has 0 radical (unpaired) electrons. The summed E-state index contributed by atoms with van der Waals surface area (Å²) in [5.41, 5.74) is 2.57. The second-order valence-corrected chi connectivity index (χ2v) is 7.42. The lowest BCUT2D eigenvalue weighted by molar-refractivity contribution is 0.167. The summed E-state index contributed by atoms with van der Waals surface area (Å²) in [5, 5.41) is 0. The second-order valence-electron chi connectivity index (χ2n) is 7.42. The van der Waals surface area contributed by atoms with Crippen molar-refractivity contribution >= 4 is 11.0 Å². The van der Waals surface area contributed by atoms with Crippen molar-refractivity contribution < 1.29 is 4.74 Å². The summed E-state index contributed by atoms with van der Waals surface area (Å²) in [5.74, 6) is 3.47. The molecule has 0 spiro atoms. The summed E-state index contributed by atoms with van der Waals surface area (Å²) in [6, 6.07) is 6.05. The summed E-state index contributed by atoms with van der Waals surface area (Å²) >= 11 is 0. The van der Waals surface area contributed by atoms with Crippen LogP contribution in [0.2, 0.25) is 0 Å². The Morgan fingerprint density at radius 3 is 2.48 bits per heavy atom. The highest BCUT2D eigenvalue weighted by molar-refractivity contribution is 5.76. The molecule has 1 aliphatic carbocycles. The highest BCUT2D eigenvalue weighted by Gasteiger charge is 2.31. The predicted octanol–water partition coefficient (Wildman–Crippen LogP) is 4.89. The van der Waals surface area contributed by atoms with Crippen molar-refractivity contribution in [3.63, 3.8) is 0 Å². The summed E-state index contributed by atoms with van der Waals surface area (Å²) in [7, 11) is 1.70. The molecule has 1 heterocycles. The molecule has 1 N–H and O–H groups in total. The molecule has 0 bridgehead atoms. The molecule has 0 aliphatic heterocycles. The van der Waals surface area contributed by atoms with Gasteiger partial charge < -0.3 is 9.72 Å². The first-order valence-corrected chi connectivity index (χ1v) is 8.01. The van der Waals surface area contributed by atoms with E-state index in [1.807, 2.05) is 18.2 Å². The molecule has 1 aliphatic rings. The molecule has 0 saturated heterocycles. The first kappa shape index (κ1) is 14.4. The van der Waals surface area contributed by atoms with E-state index in [2.05, 4.69) is 25.8 Å². The average molecular weight is 286 g/mol. The van der Waals surface area contributed by atoms with E-state index in [0.29, 0.717) is 11.3 Å². The van der Waals surface area contributed by atoms with Gasteiger partial charge in [0.1, 0.15) is 11.6 Å². The van der Waals surface area contributed by atoms with Crippen molar-refractivity contribution in [3.05, 3.63) is 24.0 Å². The third kappa shape index (κ3) is 2.92. The van der Waals surface area contributed by atoms with E-state index in [1.165, 1.54) is 25.7 Å². The summed E-state index contributed by atoms with van der Waals surface area (Å²) in [6.45, 7) is 7.10. The van der Waals surface area contributed by atoms with Crippen LogP contribution in [-0.2, 0) is 0 Å². The zero-order chi connectivity index (χ0) is 15.0. The molecule has 1 saturated carbocycles. The van der Waals surface area contributed by atoms with E-state index in [4.69, 9.17) is 9.72 Å². The Labute approximate surface area is 127 Å². The average Bonchev–Trinajstić information content (AvgIpc) is 2.89. The number of benzene rings is 1. The van der Waals surface area contributed by atoms with E-state index >= 15 is 0 Å². The van der Waals surface area contributed by atoms with Crippen LogP contribution < -0.4 is 4.74 Å². The Hall–Kier alpha value is -1.51. The number of ether oxygens (including phenoxy) is 1. The fraction of sp³-hybridized carbons (Fsp3) is 0.611. The molecule has 114 valence electrons. The topological polar surface area (TPSA) is 37.9 Å². The number of aromatic nitrogens is 2. The number of rotatable bonds is 2. The van der Waals surface area contributed by atoms with E-state index in [9.17, 15) is 0 Å². The molecule has 2 aromatic rings. The number of fused-ring (bicyclic) bond motifs is 1. The fourth-order valence-corrected chi connectivity index (χ4v) is 3.56. The lowest BCUT2D eigenvalue weighted by atomic mass is 9.70. The van der Waals surface area contributed by atoms with Crippen LogP contribution in [0, 0.1) is 11.3 Å². The van der Waals surface area contributed by atoms with Crippen molar-refractivity contribution in [1.82, 2.24) is 9.97 Å². The van der Waals surface area contributed by atoms with Gasteiger partial charge in [-0.2, -0.15) is 0 Å². The zero-order valence-corrected chi connectivity index (χ0v) is 13.6. The maximum atomic E-state index is 5.28. The number of nitrogens with zero attached hydrogens (tertiary/aromatic N) is 1. The molecule has 1 fully saturated rings. The van der Waals surface area contributed by atoms with Crippen molar-refractivity contribution in [2.75, 3.05) is 7.11 Å². The predicted molar refractivity (Wildman–Crippen MR) is 86.8 cm³/mol. The molecule has 0 atom stereocenters. The Kier molecular flexibility index (Phi) is 3.68. The number of hydrogen-bond acceptors (Lipinski definition) is 2. The van der Waals surface area contributed by atoms with Gasteiger partial charge in [0.25, 0.3) is 0 Å². The van der Waals surface area contributed by atoms with Crippen molar-refractivity contribution in [3.8, 4) is 5.75 Å². The van der Waals surface area contributed by atoms with Gasteiger partial charge in [0, 0.05) is 12.0 Å². The van der Waals surface area contributed by atoms with Crippen LogP contribution >= 0.6 is 0 Å². The highest BCUT2D eigenvalue weighted by Crippen LogP contribution is 2.42. The van der Waals surface area contributed by atoms with Crippen molar-refractivity contribution in [1.29, 1.82) is 0 Å². The van der Waals surface area contributed by atoms with Gasteiger partial charge in [-0.05, 0) is 49.1 Å². The molecule has 3 rings (SSSR count). The highest BCUT2D eigenvalue weighted by atomic mass is 16.5. The summed E-state index contributed by atoms with van der Waals surface area (Å²) in [6.07, 6.45) is 5.13. The Balaban J connectivity index is 1.76. The zero-order valence-electron chi connectivity index (χ0n) is 13.6. The summed E-state index contributed by atoms with van der Waals surface area (Å²) < 4.78 is 5.28. The number of aromatic amines is 1. The Morgan fingerprint density at radius 1 is 1.14 bits per heavy atom. The summed E-state index contributed by atoms with van der Waals surface area (Å²) in [4.78, 5) is 8.29. The maximum Gasteiger partial charge on any atom is 0.121 e. The number of H-pyrrole nitrogens is 1. The van der Waals surface area contributed by atoms with E-state index in [0.717, 1.165) is 28.5 Å². The van der Waals surface area contributed by atoms with Gasteiger partial charge >= 0.3 is 0 Å². The standard InChI is InChI=1S/C18H26N2O/c1-18(2,3)13-7-5-12(6-8-13)17-19-15-10-9-14(21-4)11-16(15)20-17/h9-13H,5-8H2,1-4H3,(H,19,20). The number of hydrogen-bond donors (Lipinski definition) is 1. The van der Waals surface area contributed by atoms with Crippen LogP contribution in [0.15, 0.2) is 18.2 Å². The monoisotopic (exact) mass is 286 g/mol. The lowest BCUT2D eigenvalue weighted by Gasteiger charge is -2.36. The van der Waals surface area contributed by atoms with Gasteiger partial charge in [0.15, 0.2) is 0 Å². The molecule has 0 amide bonds. The molecule has 3 heteroatoms. The Bertz CT molecular complexity index is 616. The molecule has 0 unspecified atom stereocenters. The normalized spacial score (nSPS) is 23.4. The van der Waals surface area contributed by atoms with Gasteiger partial charge in [0.2, 0.25) is 0 Å². The third-order valence-corrected chi connectivity index (χ3v) is 5.05. The molecule has 3 nitrogen and oxygen atoms in total. The SMILES string of the molecule is COc1ccc2nc(C3CCC(C(C)(C)C)CC3)[nH]c2c1. The van der Waals surface area contributed by atoms with Crippen LogP contribution in [-0.4, -0.2) is 17.1 Å². The smallest absolute Gasteiger partial charge is 0.121 e. The Morgan fingerprint density at radius 2 is 1.86 bits per heavy atom. The van der Waals surface area contributed by atoms with E-state index < -0.39 is 0 Å². The largest absolute Gasteiger partial charge is 0.497 e. The second kappa shape index (κ2) is 5.36. The van der Waals surface area contributed by atoms with Crippen LogP contribution in [0.1, 0.15) is 58.2 Å². The van der Waals surface area contributed by atoms with E-state index in [1.54, 1.807) is 7.11 Å². The minimum absolute atomic E-state index is 0.437. The third-order valence-electron chi connectivity index (χ3n) is 5.05. The molecule has 1 aromatic heterocycles. The quantitative estimate of drug-likeness (QED) is 0.853. The first-order valence-electron chi connectivity index (χ1n) is 8.01. The van der Waals surface area contributed by atoms with Gasteiger partial charge in [0.05, 0.1) is 18.1 Å². The number of methoxy groups -OCH3 is 1. The molecule has 1 aromatic carbocycles. The van der Waals surface area contributed by atoms with Crippen LogP contribution in [0.5, 0.6) is 5.75 Å². The van der Waals surface area contributed by atoms with Crippen LogP contribution in [0.25, 0.3) is 11.0 Å². The van der Waals surface area contributed by atoms with Crippen LogP contribution in [0.4, 0.5) is 0 Å². The van der Waals surface area contributed by atoms with Gasteiger partial charge in [-0.1, -0.05) is 20.8 Å². The minimum atomic E-state index is 0.437. The first-order chi connectivity index (χ1) is 9.97. The van der Waals surface area contributed by atoms with Gasteiger partial charge in [-0.3, -0.25) is 0 Å². The maximum absolute atomic E-state index is 5.28. The minimum Gasteiger partial charge on any atom is -0.497 e. The van der Waals surface area contributed by atoms with Crippen molar-refractivity contribution in [2.45, 2.75) is 52.4 Å². The molecular weight excluding hydrogens is 260 g/mol. The van der Waals surface area contributed by atoms with Gasteiger partial charge in [-0.15, -0.1) is 0 Å². The molecule has 21 heavy (non-hydrogen) atoms. The fourth-order valence-electron chi connectivity index (χ4n) is 3.56. The number of imidazole rings is 1. The van der Waals surface area contributed by atoms with Crippen LogP contribution in [0.3, 0.4) is 0 Å². The molecular formula is C18H26N2O. The number of nitrogens with one attached hydrogen (secondary N) is 1. The van der Waals surface area contributed by atoms with E-state index in [-0.39, 0.29) is 0 Å². The van der Waals surface area contributed by atoms with Crippen molar-refractivity contribution in [2.24, 2.45) is 11.3 Å². The van der Waals surface area contributed by atoms with Gasteiger partial charge in [-0.25, -0.2) is 4.98 Å².